The topological polar surface area (TPSA) is 78.9 Å². The third kappa shape index (κ3) is 42.8. The summed E-state index contributed by atoms with van der Waals surface area (Å²) < 4.78 is 16.6. The van der Waals surface area contributed by atoms with E-state index in [1.54, 1.807) is 0 Å². The fourth-order valence-electron chi connectivity index (χ4n) is 6.71. The number of hydrogen-bond donors (Lipinski definition) is 0. The maximum atomic E-state index is 12.7. The highest BCUT2D eigenvalue weighted by Crippen LogP contribution is 2.14. The zero-order valence-electron chi connectivity index (χ0n) is 37.2. The van der Waals surface area contributed by atoms with E-state index < -0.39 is 6.10 Å². The number of allylic oxidation sites excluding steroid dienone is 6. The first-order valence-corrected chi connectivity index (χ1v) is 24.0. The quantitative estimate of drug-likeness (QED) is 0.0265. The highest BCUT2D eigenvalue weighted by molar-refractivity contribution is 5.71. The highest BCUT2D eigenvalue weighted by atomic mass is 16.6. The van der Waals surface area contributed by atoms with Gasteiger partial charge >= 0.3 is 17.9 Å². The van der Waals surface area contributed by atoms with Crippen LogP contribution in [0.5, 0.6) is 0 Å². The second kappa shape index (κ2) is 45.3. The lowest BCUT2D eigenvalue weighted by atomic mass is 10.1. The Morgan fingerprint density at radius 2 is 0.679 bits per heavy atom. The van der Waals surface area contributed by atoms with E-state index in [9.17, 15) is 14.4 Å². The number of rotatable bonds is 43. The van der Waals surface area contributed by atoms with Crippen LogP contribution in [0.25, 0.3) is 0 Å². The molecule has 56 heavy (non-hydrogen) atoms. The first kappa shape index (κ1) is 53.6. The second-order valence-corrected chi connectivity index (χ2v) is 16.0. The summed E-state index contributed by atoms with van der Waals surface area (Å²) in [5.41, 5.74) is 0. The first-order chi connectivity index (χ1) is 27.5. The van der Waals surface area contributed by atoms with Crippen molar-refractivity contribution in [3.8, 4) is 0 Å². The van der Waals surface area contributed by atoms with Gasteiger partial charge in [-0.2, -0.15) is 0 Å². The molecule has 0 N–H and O–H groups in total. The van der Waals surface area contributed by atoms with Crippen molar-refractivity contribution in [2.75, 3.05) is 13.2 Å². The molecule has 1 atom stereocenters. The van der Waals surface area contributed by atoms with Gasteiger partial charge in [-0.1, -0.05) is 192 Å². The molecule has 0 aromatic rings. The lowest BCUT2D eigenvalue weighted by Crippen LogP contribution is -2.30. The molecular weight excluding hydrogens is 697 g/mol. The van der Waals surface area contributed by atoms with Crippen molar-refractivity contribution in [1.82, 2.24) is 0 Å². The fourth-order valence-corrected chi connectivity index (χ4v) is 6.71. The van der Waals surface area contributed by atoms with Crippen LogP contribution in [-0.2, 0) is 28.6 Å². The van der Waals surface area contributed by atoms with E-state index in [2.05, 4.69) is 57.2 Å². The van der Waals surface area contributed by atoms with Crippen molar-refractivity contribution < 1.29 is 28.6 Å². The molecule has 0 saturated heterocycles. The Balaban J connectivity index is 4.21. The minimum Gasteiger partial charge on any atom is -0.462 e. The molecule has 6 nitrogen and oxygen atoms in total. The van der Waals surface area contributed by atoms with E-state index in [1.165, 1.54) is 116 Å². The molecule has 0 amide bonds. The predicted molar refractivity (Wildman–Crippen MR) is 238 cm³/mol. The van der Waals surface area contributed by atoms with Crippen LogP contribution >= 0.6 is 0 Å². The highest BCUT2D eigenvalue weighted by Gasteiger charge is 2.19. The van der Waals surface area contributed by atoms with Crippen LogP contribution in [0.4, 0.5) is 0 Å². The van der Waals surface area contributed by atoms with E-state index in [0.29, 0.717) is 19.3 Å². The molecule has 0 fully saturated rings. The Labute approximate surface area is 346 Å². The molecular formula is C50H90O6. The molecule has 0 saturated carbocycles. The number of ether oxygens (including phenoxy) is 3. The molecule has 6 heteroatoms. The van der Waals surface area contributed by atoms with E-state index in [0.717, 1.165) is 89.9 Å². The Morgan fingerprint density at radius 1 is 0.357 bits per heavy atom. The maximum absolute atomic E-state index is 12.7. The number of unbranched alkanes of at least 4 members (excludes halogenated alkanes) is 26. The van der Waals surface area contributed by atoms with Crippen LogP contribution < -0.4 is 0 Å². The fraction of sp³-hybridized carbons (Fsp3) is 0.820. The second-order valence-electron chi connectivity index (χ2n) is 16.0. The minimum atomic E-state index is -0.773. The molecule has 326 valence electrons. The number of carbonyl (C=O) groups excluding carboxylic acids is 3. The molecule has 0 aliphatic heterocycles. The third-order valence-corrected chi connectivity index (χ3v) is 10.3. The molecule has 0 aromatic carbocycles. The predicted octanol–water partition coefficient (Wildman–Crippen LogP) is 15.4. The van der Waals surface area contributed by atoms with Crippen molar-refractivity contribution in [3.05, 3.63) is 36.5 Å². The number of carbonyl (C=O) groups is 3. The van der Waals surface area contributed by atoms with Crippen LogP contribution in [0.3, 0.4) is 0 Å². The SMILES string of the molecule is CCC/C=C\C/C=C\CCCCCCCC(=O)OC(COC(=O)CCCCCCCC)COC(=O)CCCCCCCCCCC/C=C\CCCCCCCC. The molecule has 0 aliphatic carbocycles. The van der Waals surface area contributed by atoms with E-state index in [1.807, 2.05) is 0 Å². The number of esters is 3. The van der Waals surface area contributed by atoms with Gasteiger partial charge in [-0.25, -0.2) is 0 Å². The van der Waals surface area contributed by atoms with Gasteiger partial charge < -0.3 is 14.2 Å². The number of hydrogen-bond acceptors (Lipinski definition) is 6. The molecule has 0 bridgehead atoms. The van der Waals surface area contributed by atoms with Crippen molar-refractivity contribution >= 4 is 17.9 Å². The van der Waals surface area contributed by atoms with Gasteiger partial charge in [0.25, 0.3) is 0 Å². The lowest BCUT2D eigenvalue weighted by molar-refractivity contribution is -0.167. The largest absolute Gasteiger partial charge is 0.462 e. The summed E-state index contributed by atoms with van der Waals surface area (Å²) in [5, 5.41) is 0. The molecule has 0 aromatic heterocycles. The zero-order chi connectivity index (χ0) is 40.8. The first-order valence-electron chi connectivity index (χ1n) is 24.0. The van der Waals surface area contributed by atoms with E-state index in [-0.39, 0.29) is 31.1 Å². The van der Waals surface area contributed by atoms with Crippen molar-refractivity contribution in [3.63, 3.8) is 0 Å². The molecule has 0 spiro atoms. The summed E-state index contributed by atoms with van der Waals surface area (Å²) in [6.45, 7) is 6.50. The summed E-state index contributed by atoms with van der Waals surface area (Å²) >= 11 is 0. The molecule has 1 unspecified atom stereocenters. The lowest BCUT2D eigenvalue weighted by Gasteiger charge is -2.18. The Morgan fingerprint density at radius 3 is 1.07 bits per heavy atom. The van der Waals surface area contributed by atoms with Crippen LogP contribution in [-0.4, -0.2) is 37.2 Å². The molecule has 0 radical (unpaired) electrons. The Kier molecular flexibility index (Phi) is 43.4. The zero-order valence-corrected chi connectivity index (χ0v) is 37.2. The van der Waals surface area contributed by atoms with Gasteiger partial charge in [0, 0.05) is 19.3 Å². The van der Waals surface area contributed by atoms with Gasteiger partial charge in [0.15, 0.2) is 6.10 Å². The maximum Gasteiger partial charge on any atom is 0.306 e. The van der Waals surface area contributed by atoms with Crippen LogP contribution in [0.1, 0.15) is 245 Å². The van der Waals surface area contributed by atoms with Crippen LogP contribution in [0.15, 0.2) is 36.5 Å². The normalized spacial score (nSPS) is 12.3. The molecule has 0 aliphatic rings. The van der Waals surface area contributed by atoms with Gasteiger partial charge in [0.05, 0.1) is 0 Å². The Bertz CT molecular complexity index is 953. The van der Waals surface area contributed by atoms with Crippen LogP contribution in [0.2, 0.25) is 0 Å². The summed E-state index contributed by atoms with van der Waals surface area (Å²) in [7, 11) is 0. The van der Waals surface area contributed by atoms with Crippen molar-refractivity contribution in [2.45, 2.75) is 252 Å². The van der Waals surface area contributed by atoms with Gasteiger partial charge in [-0.05, 0) is 70.6 Å². The Hall–Kier alpha value is -2.37. The van der Waals surface area contributed by atoms with E-state index >= 15 is 0 Å². The summed E-state index contributed by atoms with van der Waals surface area (Å²) in [4.78, 5) is 37.6. The average molecular weight is 787 g/mol. The van der Waals surface area contributed by atoms with Gasteiger partial charge in [0.1, 0.15) is 13.2 Å². The van der Waals surface area contributed by atoms with E-state index in [4.69, 9.17) is 14.2 Å². The summed E-state index contributed by atoms with van der Waals surface area (Å²) in [6, 6.07) is 0. The van der Waals surface area contributed by atoms with Gasteiger partial charge in [-0.3, -0.25) is 14.4 Å². The summed E-state index contributed by atoms with van der Waals surface area (Å²) in [5.74, 6) is -0.900. The molecule has 0 heterocycles. The standard InChI is InChI=1S/C50H90O6/c1-4-7-10-13-16-18-20-22-23-24-25-26-27-29-30-32-34-37-40-43-49(52)55-46-47(45-54-48(51)42-39-36-15-12-9-6-3)56-50(53)44-41-38-35-33-31-28-21-19-17-14-11-8-5-2/h11,14,19,21-23,47H,4-10,12-13,15-18,20,24-46H2,1-3H3/b14-11-,21-19-,23-22-. The van der Waals surface area contributed by atoms with Gasteiger partial charge in [-0.15, -0.1) is 0 Å². The van der Waals surface area contributed by atoms with Crippen LogP contribution in [0, 0.1) is 0 Å². The summed E-state index contributed by atoms with van der Waals surface area (Å²) in [6.07, 6.45) is 51.5. The van der Waals surface area contributed by atoms with Gasteiger partial charge in [0.2, 0.25) is 0 Å². The minimum absolute atomic E-state index is 0.0777. The van der Waals surface area contributed by atoms with Crippen molar-refractivity contribution in [2.24, 2.45) is 0 Å². The smallest absolute Gasteiger partial charge is 0.306 e. The third-order valence-electron chi connectivity index (χ3n) is 10.3. The van der Waals surface area contributed by atoms with Crippen molar-refractivity contribution in [1.29, 1.82) is 0 Å². The monoisotopic (exact) mass is 787 g/mol. The molecule has 0 rings (SSSR count). The average Bonchev–Trinajstić information content (AvgIpc) is 3.19.